The summed E-state index contributed by atoms with van der Waals surface area (Å²) < 4.78 is 5.16. The molecule has 0 saturated heterocycles. The summed E-state index contributed by atoms with van der Waals surface area (Å²) in [5, 5.41) is 8.48. The van der Waals surface area contributed by atoms with Crippen molar-refractivity contribution in [2.45, 2.75) is 6.42 Å². The lowest BCUT2D eigenvalue weighted by atomic mass is 10.3. The number of hydrogen-bond acceptors (Lipinski definition) is 4. The van der Waals surface area contributed by atoms with Gasteiger partial charge in [0.25, 0.3) is 0 Å². The van der Waals surface area contributed by atoms with E-state index in [0.717, 1.165) is 6.29 Å². The van der Waals surface area contributed by atoms with Crippen molar-refractivity contribution >= 4 is 6.29 Å². The number of rotatable bonds is 5. The lowest BCUT2D eigenvalue weighted by molar-refractivity contribution is 0.112. The van der Waals surface area contributed by atoms with E-state index in [2.05, 4.69) is 4.98 Å². The molecule has 1 aromatic rings. The molecular formula is C9H11NO3. The Balaban J connectivity index is 2.44. The van der Waals surface area contributed by atoms with Crippen LogP contribution in [0.15, 0.2) is 18.3 Å². The first-order valence-electron chi connectivity index (χ1n) is 4.01. The number of hydrogen-bond donors (Lipinski definition) is 1. The Morgan fingerprint density at radius 1 is 1.54 bits per heavy atom. The molecule has 1 heterocycles. The number of pyridine rings is 1. The topological polar surface area (TPSA) is 59.4 Å². The fraction of sp³-hybridized carbons (Fsp3) is 0.333. The monoisotopic (exact) mass is 181 g/mol. The Labute approximate surface area is 76.2 Å². The van der Waals surface area contributed by atoms with Crippen LogP contribution in [0.1, 0.15) is 16.8 Å². The average Bonchev–Trinajstić information content (AvgIpc) is 2.19. The number of aliphatic hydroxyl groups is 1. The van der Waals surface area contributed by atoms with Crippen molar-refractivity contribution in [3.8, 4) is 5.88 Å². The highest BCUT2D eigenvalue weighted by Crippen LogP contribution is 2.05. The van der Waals surface area contributed by atoms with Crippen LogP contribution in [0.2, 0.25) is 0 Å². The van der Waals surface area contributed by atoms with Gasteiger partial charge in [0.15, 0.2) is 6.29 Å². The van der Waals surface area contributed by atoms with Gasteiger partial charge in [-0.25, -0.2) is 4.98 Å². The fourth-order valence-electron chi connectivity index (χ4n) is 0.788. The first-order valence-corrected chi connectivity index (χ1v) is 4.01. The number of aldehydes is 1. The van der Waals surface area contributed by atoms with E-state index >= 15 is 0 Å². The summed E-state index contributed by atoms with van der Waals surface area (Å²) >= 11 is 0. The molecule has 0 saturated carbocycles. The zero-order valence-corrected chi connectivity index (χ0v) is 7.14. The van der Waals surface area contributed by atoms with Crippen LogP contribution in [0.3, 0.4) is 0 Å². The summed E-state index contributed by atoms with van der Waals surface area (Å²) in [6, 6.07) is 3.26. The Morgan fingerprint density at radius 3 is 2.92 bits per heavy atom. The third kappa shape index (κ3) is 3.21. The summed E-state index contributed by atoms with van der Waals surface area (Å²) in [7, 11) is 0. The van der Waals surface area contributed by atoms with Crippen molar-refractivity contribution in [1.82, 2.24) is 4.98 Å². The van der Waals surface area contributed by atoms with Gasteiger partial charge in [0.05, 0.1) is 6.61 Å². The Bertz CT molecular complexity index is 258. The maximum absolute atomic E-state index is 10.3. The molecule has 0 spiro atoms. The van der Waals surface area contributed by atoms with Crippen LogP contribution in [0.4, 0.5) is 0 Å². The molecule has 0 radical (unpaired) electrons. The van der Waals surface area contributed by atoms with Crippen LogP contribution in [-0.2, 0) is 0 Å². The Hall–Kier alpha value is -1.42. The van der Waals surface area contributed by atoms with Gasteiger partial charge in [-0.05, 0) is 6.07 Å². The second-order valence-electron chi connectivity index (χ2n) is 2.47. The first-order chi connectivity index (χ1) is 6.36. The minimum Gasteiger partial charge on any atom is -0.478 e. The van der Waals surface area contributed by atoms with Crippen LogP contribution in [0.25, 0.3) is 0 Å². The standard InChI is InChI=1S/C9H11NO3/c11-4-1-5-13-9-3-2-8(7-12)6-10-9/h2-3,6-7,11H,1,4-5H2. The quantitative estimate of drug-likeness (QED) is 0.535. The van der Waals surface area contributed by atoms with E-state index in [0.29, 0.717) is 24.5 Å². The smallest absolute Gasteiger partial charge is 0.213 e. The number of aromatic nitrogens is 1. The molecule has 0 amide bonds. The van der Waals surface area contributed by atoms with Crippen LogP contribution < -0.4 is 4.74 Å². The minimum atomic E-state index is 0.104. The Morgan fingerprint density at radius 2 is 2.38 bits per heavy atom. The van der Waals surface area contributed by atoms with E-state index in [1.54, 1.807) is 12.1 Å². The third-order valence-corrected chi connectivity index (χ3v) is 1.45. The molecule has 0 fully saturated rings. The van der Waals surface area contributed by atoms with Crippen molar-refractivity contribution in [3.63, 3.8) is 0 Å². The molecule has 0 aliphatic rings. The lowest BCUT2D eigenvalue weighted by Crippen LogP contribution is -2.01. The van der Waals surface area contributed by atoms with E-state index in [-0.39, 0.29) is 6.61 Å². The molecule has 4 nitrogen and oxygen atoms in total. The highest BCUT2D eigenvalue weighted by atomic mass is 16.5. The molecular weight excluding hydrogens is 170 g/mol. The van der Waals surface area contributed by atoms with Gasteiger partial charge in [-0.15, -0.1) is 0 Å². The van der Waals surface area contributed by atoms with Gasteiger partial charge in [0.1, 0.15) is 0 Å². The number of aliphatic hydroxyl groups excluding tert-OH is 1. The first kappa shape index (κ1) is 9.67. The van der Waals surface area contributed by atoms with Crippen molar-refractivity contribution < 1.29 is 14.6 Å². The van der Waals surface area contributed by atoms with Gasteiger partial charge in [-0.3, -0.25) is 4.79 Å². The van der Waals surface area contributed by atoms with Gasteiger partial charge in [0, 0.05) is 30.9 Å². The molecule has 13 heavy (non-hydrogen) atoms. The van der Waals surface area contributed by atoms with Gasteiger partial charge < -0.3 is 9.84 Å². The molecule has 0 atom stereocenters. The molecule has 0 unspecified atom stereocenters. The second kappa shape index (κ2) is 5.27. The van der Waals surface area contributed by atoms with Crippen LogP contribution in [0.5, 0.6) is 5.88 Å². The summed E-state index contributed by atoms with van der Waals surface area (Å²) in [5.41, 5.74) is 0.523. The summed E-state index contributed by atoms with van der Waals surface area (Å²) in [6.07, 6.45) is 2.75. The number of carbonyl (C=O) groups excluding carboxylic acids is 1. The number of nitrogens with zero attached hydrogens (tertiary/aromatic N) is 1. The molecule has 0 aliphatic heterocycles. The van der Waals surface area contributed by atoms with E-state index in [1.165, 1.54) is 6.20 Å². The zero-order valence-electron chi connectivity index (χ0n) is 7.14. The van der Waals surface area contributed by atoms with E-state index in [4.69, 9.17) is 9.84 Å². The molecule has 0 aromatic carbocycles. The average molecular weight is 181 g/mol. The SMILES string of the molecule is O=Cc1ccc(OCCCO)nc1. The van der Waals surface area contributed by atoms with Gasteiger partial charge in [0.2, 0.25) is 5.88 Å². The van der Waals surface area contributed by atoms with Crippen LogP contribution in [-0.4, -0.2) is 29.6 Å². The van der Waals surface area contributed by atoms with E-state index in [1.807, 2.05) is 0 Å². The fourth-order valence-corrected chi connectivity index (χ4v) is 0.788. The molecule has 1 N–H and O–H groups in total. The number of carbonyl (C=O) groups is 1. The normalized spacial score (nSPS) is 9.62. The second-order valence-corrected chi connectivity index (χ2v) is 2.47. The van der Waals surface area contributed by atoms with Crippen molar-refractivity contribution in [3.05, 3.63) is 23.9 Å². The van der Waals surface area contributed by atoms with Crippen molar-refractivity contribution in [1.29, 1.82) is 0 Å². The van der Waals surface area contributed by atoms with Gasteiger partial charge in [-0.1, -0.05) is 0 Å². The summed E-state index contributed by atoms with van der Waals surface area (Å²) in [4.78, 5) is 14.2. The van der Waals surface area contributed by atoms with Gasteiger partial charge >= 0.3 is 0 Å². The van der Waals surface area contributed by atoms with Crippen LogP contribution in [0, 0.1) is 0 Å². The predicted octanol–water partition coefficient (Wildman–Crippen LogP) is 0.655. The summed E-state index contributed by atoms with van der Waals surface area (Å²) in [6.45, 7) is 0.538. The molecule has 4 heteroatoms. The predicted molar refractivity (Wildman–Crippen MR) is 46.8 cm³/mol. The van der Waals surface area contributed by atoms with Crippen LogP contribution >= 0.6 is 0 Å². The summed E-state index contributed by atoms with van der Waals surface area (Å²) in [5.74, 6) is 0.471. The molecule has 1 rings (SSSR count). The number of ether oxygens (including phenoxy) is 1. The zero-order chi connectivity index (χ0) is 9.52. The lowest BCUT2D eigenvalue weighted by Gasteiger charge is -2.02. The highest BCUT2D eigenvalue weighted by Gasteiger charge is 1.94. The molecule has 0 bridgehead atoms. The van der Waals surface area contributed by atoms with Gasteiger partial charge in [-0.2, -0.15) is 0 Å². The molecule has 0 aliphatic carbocycles. The van der Waals surface area contributed by atoms with E-state index < -0.39 is 0 Å². The highest BCUT2D eigenvalue weighted by molar-refractivity contribution is 5.73. The maximum atomic E-state index is 10.3. The molecule has 70 valence electrons. The van der Waals surface area contributed by atoms with E-state index in [9.17, 15) is 4.79 Å². The third-order valence-electron chi connectivity index (χ3n) is 1.45. The Kier molecular flexibility index (Phi) is 3.92. The maximum Gasteiger partial charge on any atom is 0.213 e. The minimum absolute atomic E-state index is 0.104. The van der Waals surface area contributed by atoms with Crippen molar-refractivity contribution in [2.75, 3.05) is 13.2 Å². The van der Waals surface area contributed by atoms with Crippen molar-refractivity contribution in [2.24, 2.45) is 0 Å². The largest absolute Gasteiger partial charge is 0.478 e. The molecule has 1 aromatic heterocycles.